The molecule has 0 aliphatic rings. The first-order chi connectivity index (χ1) is 15.3. The van der Waals surface area contributed by atoms with E-state index in [0.29, 0.717) is 10.8 Å². The second-order valence-electron chi connectivity index (χ2n) is 6.55. The van der Waals surface area contributed by atoms with Crippen LogP contribution in [-0.2, 0) is 0 Å². The first kappa shape index (κ1) is 21.9. The number of hydrogen-bond acceptors (Lipinski definition) is 7. The van der Waals surface area contributed by atoms with E-state index in [1.54, 1.807) is 0 Å². The van der Waals surface area contributed by atoms with Crippen LogP contribution < -0.4 is 10.1 Å². The van der Waals surface area contributed by atoms with Crippen molar-refractivity contribution in [2.24, 2.45) is 0 Å². The number of aryl methyl sites for hydroxylation is 1. The molecule has 0 atom stereocenters. The molecule has 11 heteroatoms. The molecule has 2 aromatic heterocycles. The third kappa shape index (κ3) is 4.77. The molecule has 0 saturated carbocycles. The highest BCUT2D eigenvalue weighted by molar-refractivity contribution is 7.19. The Balaban J connectivity index is 1.67. The minimum atomic E-state index is -0.557. The van der Waals surface area contributed by atoms with Crippen LogP contribution in [0.25, 0.3) is 11.3 Å². The Kier molecular flexibility index (Phi) is 6.17. The highest BCUT2D eigenvalue weighted by Crippen LogP contribution is 2.42. The van der Waals surface area contributed by atoms with E-state index < -0.39 is 16.6 Å². The van der Waals surface area contributed by atoms with Gasteiger partial charge in [-0.2, -0.15) is 0 Å². The van der Waals surface area contributed by atoms with Gasteiger partial charge in [0, 0.05) is 11.6 Å². The SMILES string of the molecule is Cc1ccc(-c2nc(NC(=O)c3ccc([N+](=O)[O-])s3)sc2Oc2ccc(F)cc2Cl)cc1. The van der Waals surface area contributed by atoms with Gasteiger partial charge in [0.2, 0.25) is 5.06 Å². The van der Waals surface area contributed by atoms with Gasteiger partial charge in [0.25, 0.3) is 5.91 Å². The molecule has 1 N–H and O–H groups in total. The molecular formula is C21H13ClFN3O4S2. The fourth-order valence-corrected chi connectivity index (χ4v) is 4.46. The topological polar surface area (TPSA) is 94.4 Å². The number of rotatable bonds is 6. The van der Waals surface area contributed by atoms with Crippen molar-refractivity contribution in [3.05, 3.63) is 86.0 Å². The van der Waals surface area contributed by atoms with Gasteiger partial charge < -0.3 is 4.74 Å². The van der Waals surface area contributed by atoms with Crippen molar-refractivity contribution in [2.75, 3.05) is 5.32 Å². The molecule has 0 fully saturated rings. The predicted octanol–water partition coefficient (Wildman–Crippen LogP) is 6.93. The average molecular weight is 490 g/mol. The number of thiophene rings is 1. The van der Waals surface area contributed by atoms with E-state index in [9.17, 15) is 19.3 Å². The molecule has 0 bridgehead atoms. The molecule has 1 amide bonds. The van der Waals surface area contributed by atoms with Crippen molar-refractivity contribution in [2.45, 2.75) is 6.92 Å². The molecular weight excluding hydrogens is 477 g/mol. The molecule has 2 aromatic carbocycles. The third-order valence-electron chi connectivity index (χ3n) is 4.23. The van der Waals surface area contributed by atoms with E-state index in [1.165, 1.54) is 24.3 Å². The minimum Gasteiger partial charge on any atom is -0.443 e. The van der Waals surface area contributed by atoms with E-state index in [1.807, 2.05) is 31.2 Å². The van der Waals surface area contributed by atoms with Crippen molar-refractivity contribution < 1.29 is 18.8 Å². The zero-order valence-electron chi connectivity index (χ0n) is 16.3. The van der Waals surface area contributed by atoms with E-state index in [4.69, 9.17) is 16.3 Å². The summed E-state index contributed by atoms with van der Waals surface area (Å²) in [5.74, 6) is -0.793. The van der Waals surface area contributed by atoms with Crippen molar-refractivity contribution in [1.82, 2.24) is 4.98 Å². The van der Waals surface area contributed by atoms with E-state index in [2.05, 4.69) is 10.3 Å². The smallest absolute Gasteiger partial charge is 0.324 e. The van der Waals surface area contributed by atoms with Crippen molar-refractivity contribution in [3.8, 4) is 22.1 Å². The number of hydrogen-bond donors (Lipinski definition) is 1. The number of amides is 1. The Morgan fingerprint density at radius 2 is 1.91 bits per heavy atom. The molecule has 162 valence electrons. The van der Waals surface area contributed by atoms with Gasteiger partial charge in [0.05, 0.1) is 14.8 Å². The highest BCUT2D eigenvalue weighted by Gasteiger charge is 2.20. The molecule has 0 aliphatic carbocycles. The largest absolute Gasteiger partial charge is 0.443 e. The number of nitrogens with zero attached hydrogens (tertiary/aromatic N) is 2. The van der Waals surface area contributed by atoms with Gasteiger partial charge >= 0.3 is 5.00 Å². The van der Waals surface area contributed by atoms with E-state index >= 15 is 0 Å². The number of benzene rings is 2. The summed E-state index contributed by atoms with van der Waals surface area (Å²) in [5, 5.41) is 14.0. The maximum atomic E-state index is 13.4. The standard InChI is InChI=1S/C21H13ClFN3O4S2/c1-11-2-4-12(5-3-11)18-20(30-15-7-6-13(23)10-14(15)22)32-21(24-18)25-19(27)16-8-9-17(31-16)26(28)29/h2-10H,1H3,(H,24,25,27). The molecule has 0 aliphatic heterocycles. The molecule has 7 nitrogen and oxygen atoms in total. The molecule has 4 aromatic rings. The van der Waals surface area contributed by atoms with E-state index in [0.717, 1.165) is 39.9 Å². The Hall–Kier alpha value is -3.34. The molecule has 0 spiro atoms. The zero-order valence-corrected chi connectivity index (χ0v) is 18.7. The maximum Gasteiger partial charge on any atom is 0.324 e. The summed E-state index contributed by atoms with van der Waals surface area (Å²) in [4.78, 5) is 27.5. The molecule has 0 saturated heterocycles. The number of nitro groups is 1. The van der Waals surface area contributed by atoms with Gasteiger partial charge in [-0.3, -0.25) is 20.2 Å². The Bertz CT molecular complexity index is 1320. The molecule has 0 radical (unpaired) electrons. The number of carbonyl (C=O) groups excluding carboxylic acids is 1. The predicted molar refractivity (Wildman–Crippen MR) is 123 cm³/mol. The Labute approximate surface area is 194 Å². The first-order valence-electron chi connectivity index (χ1n) is 9.06. The Morgan fingerprint density at radius 3 is 2.56 bits per heavy atom. The second kappa shape index (κ2) is 9.03. The Morgan fingerprint density at radius 1 is 1.16 bits per heavy atom. The number of ether oxygens (including phenoxy) is 1. The van der Waals surface area contributed by atoms with Crippen LogP contribution in [0.15, 0.2) is 54.6 Å². The average Bonchev–Trinajstić information content (AvgIpc) is 3.38. The van der Waals surface area contributed by atoms with Gasteiger partial charge in [0.15, 0.2) is 5.13 Å². The number of halogens is 2. The molecule has 2 heterocycles. The molecule has 32 heavy (non-hydrogen) atoms. The zero-order chi connectivity index (χ0) is 22.8. The van der Waals surface area contributed by atoms with Crippen LogP contribution >= 0.6 is 34.3 Å². The number of thiazole rings is 1. The normalized spacial score (nSPS) is 10.7. The summed E-state index contributed by atoms with van der Waals surface area (Å²) in [6.45, 7) is 1.95. The van der Waals surface area contributed by atoms with Crippen LogP contribution in [0.4, 0.5) is 14.5 Å². The number of aromatic nitrogens is 1. The fraction of sp³-hybridized carbons (Fsp3) is 0.0476. The minimum absolute atomic E-state index is 0.0877. The lowest BCUT2D eigenvalue weighted by Crippen LogP contribution is -2.09. The van der Waals surface area contributed by atoms with Gasteiger partial charge in [-0.25, -0.2) is 9.37 Å². The van der Waals surface area contributed by atoms with Crippen LogP contribution in [0.5, 0.6) is 10.8 Å². The second-order valence-corrected chi connectivity index (χ2v) is 8.98. The summed E-state index contributed by atoms with van der Waals surface area (Å²) < 4.78 is 19.3. The lowest BCUT2D eigenvalue weighted by atomic mass is 10.1. The van der Waals surface area contributed by atoms with Gasteiger partial charge in [-0.15, -0.1) is 0 Å². The van der Waals surface area contributed by atoms with Crippen LogP contribution in [0.2, 0.25) is 5.02 Å². The summed E-state index contributed by atoms with van der Waals surface area (Å²) in [5.41, 5.74) is 2.26. The number of nitrogens with one attached hydrogen (secondary N) is 1. The summed E-state index contributed by atoms with van der Waals surface area (Å²) in [6.07, 6.45) is 0. The van der Waals surface area contributed by atoms with Gasteiger partial charge in [0.1, 0.15) is 17.3 Å². The van der Waals surface area contributed by atoms with Gasteiger partial charge in [-0.05, 0) is 31.2 Å². The number of anilines is 1. The van der Waals surface area contributed by atoms with Crippen molar-refractivity contribution >= 4 is 50.3 Å². The molecule has 0 unspecified atom stereocenters. The van der Waals surface area contributed by atoms with E-state index in [-0.39, 0.29) is 25.8 Å². The first-order valence-corrected chi connectivity index (χ1v) is 11.1. The van der Waals surface area contributed by atoms with Crippen molar-refractivity contribution in [1.29, 1.82) is 0 Å². The van der Waals surface area contributed by atoms with Crippen molar-refractivity contribution in [3.63, 3.8) is 0 Å². The molecule has 4 rings (SSSR count). The van der Waals surface area contributed by atoms with Crippen LogP contribution in [0, 0.1) is 22.9 Å². The number of carbonyl (C=O) groups is 1. The fourth-order valence-electron chi connectivity index (χ4n) is 2.69. The van der Waals surface area contributed by atoms with Crippen LogP contribution in [0.1, 0.15) is 15.2 Å². The van der Waals surface area contributed by atoms with Crippen LogP contribution in [0.3, 0.4) is 0 Å². The summed E-state index contributed by atoms with van der Waals surface area (Å²) in [7, 11) is 0. The van der Waals surface area contributed by atoms with Crippen LogP contribution in [-0.4, -0.2) is 15.8 Å². The monoisotopic (exact) mass is 489 g/mol. The quantitative estimate of drug-likeness (QED) is 0.234. The maximum absolute atomic E-state index is 13.4. The lowest BCUT2D eigenvalue weighted by molar-refractivity contribution is -0.380. The summed E-state index contributed by atoms with van der Waals surface area (Å²) in [6, 6.07) is 13.9. The van der Waals surface area contributed by atoms with Gasteiger partial charge in [-0.1, -0.05) is 64.1 Å². The summed E-state index contributed by atoms with van der Waals surface area (Å²) >= 11 is 7.91. The lowest BCUT2D eigenvalue weighted by Gasteiger charge is -2.07. The highest BCUT2D eigenvalue weighted by atomic mass is 35.5. The third-order valence-corrected chi connectivity index (χ3v) is 6.41.